The van der Waals surface area contributed by atoms with Gasteiger partial charge in [-0.2, -0.15) is 0 Å². The fourth-order valence-electron chi connectivity index (χ4n) is 7.83. The summed E-state index contributed by atoms with van der Waals surface area (Å²) < 4.78 is 13.4. The summed E-state index contributed by atoms with van der Waals surface area (Å²) >= 11 is 0. The second kappa shape index (κ2) is 7.89. The van der Waals surface area contributed by atoms with Gasteiger partial charge in [-0.25, -0.2) is 0 Å². The number of methoxy groups -OCH3 is 1. The van der Waals surface area contributed by atoms with E-state index >= 15 is 0 Å². The number of nitrogens with zero attached hydrogens (tertiary/aromatic N) is 1. The number of hydrogen-bond acceptors (Lipinski definition) is 2. The average molecular weight is 401 g/mol. The van der Waals surface area contributed by atoms with Crippen LogP contribution in [0.5, 0.6) is 5.75 Å². The molecule has 4 rings (SSSR count). The molecule has 29 heavy (non-hydrogen) atoms. The molecule has 3 heteroatoms. The lowest BCUT2D eigenvalue weighted by molar-refractivity contribution is -0.967. The molecule has 0 radical (unpaired) electrons. The van der Waals surface area contributed by atoms with E-state index < -0.39 is 0 Å². The van der Waals surface area contributed by atoms with Crippen molar-refractivity contribution in [2.45, 2.75) is 83.9 Å². The van der Waals surface area contributed by atoms with E-state index in [1.54, 1.807) is 7.11 Å². The molecule has 0 bridgehead atoms. The lowest BCUT2D eigenvalue weighted by Crippen LogP contribution is -2.57. The maximum atomic E-state index is 6.77. The molecule has 1 aromatic rings. The van der Waals surface area contributed by atoms with Gasteiger partial charge in [-0.1, -0.05) is 33.1 Å². The van der Waals surface area contributed by atoms with Crippen molar-refractivity contribution in [3.8, 4) is 5.75 Å². The monoisotopic (exact) mass is 400 g/mol. The lowest BCUT2D eigenvalue weighted by atomic mass is 9.76. The smallest absolute Gasteiger partial charge is 0.123 e. The summed E-state index contributed by atoms with van der Waals surface area (Å²) in [5.74, 6) is 3.30. The van der Waals surface area contributed by atoms with Gasteiger partial charge in [0, 0.05) is 29.9 Å². The second-order valence-corrected chi connectivity index (χ2v) is 10.7. The van der Waals surface area contributed by atoms with Crippen LogP contribution in [0.1, 0.15) is 71.8 Å². The van der Waals surface area contributed by atoms with E-state index in [1.807, 2.05) is 0 Å². The Balaban J connectivity index is 1.57. The molecule has 1 aliphatic carbocycles. The van der Waals surface area contributed by atoms with E-state index in [9.17, 15) is 0 Å². The minimum Gasteiger partial charge on any atom is -0.497 e. The fraction of sp³-hybridized carbons (Fsp3) is 0.769. The molecule has 2 heterocycles. The highest BCUT2D eigenvalue weighted by Crippen LogP contribution is 2.65. The molecular weight excluding hydrogens is 358 g/mol. The summed E-state index contributed by atoms with van der Waals surface area (Å²) in [6.45, 7) is 14.4. The highest BCUT2D eigenvalue weighted by molar-refractivity contribution is 5.27. The minimum absolute atomic E-state index is 0.0301. The topological polar surface area (TPSA) is 18.5 Å². The first-order valence-electron chi connectivity index (χ1n) is 12.0. The molecular formula is C26H42NO2+. The van der Waals surface area contributed by atoms with Gasteiger partial charge in [0.1, 0.15) is 30.0 Å². The summed E-state index contributed by atoms with van der Waals surface area (Å²) in [6.07, 6.45) is 7.88. The van der Waals surface area contributed by atoms with Gasteiger partial charge in [-0.3, -0.25) is 0 Å². The van der Waals surface area contributed by atoms with Gasteiger partial charge in [0.25, 0.3) is 0 Å². The second-order valence-electron chi connectivity index (χ2n) is 10.7. The Morgan fingerprint density at radius 3 is 2.52 bits per heavy atom. The van der Waals surface area contributed by atoms with E-state index in [2.05, 4.69) is 52.0 Å². The number of rotatable bonds is 9. The van der Waals surface area contributed by atoms with Crippen molar-refractivity contribution in [2.24, 2.45) is 17.8 Å². The normalized spacial score (nSPS) is 40.4. The molecule has 6 atom stereocenters. The third-order valence-corrected chi connectivity index (χ3v) is 9.00. The molecule has 0 aromatic heterocycles. The van der Waals surface area contributed by atoms with Gasteiger partial charge < -0.3 is 14.0 Å². The molecule has 162 valence electrons. The summed E-state index contributed by atoms with van der Waals surface area (Å²) in [6, 6.07) is 8.80. The van der Waals surface area contributed by atoms with Crippen molar-refractivity contribution >= 4 is 0 Å². The predicted molar refractivity (Wildman–Crippen MR) is 119 cm³/mol. The highest BCUT2D eigenvalue weighted by atomic mass is 16.5. The maximum Gasteiger partial charge on any atom is 0.123 e. The number of quaternary nitrogens is 1. The molecule has 1 aromatic carbocycles. The van der Waals surface area contributed by atoms with Gasteiger partial charge in [0.15, 0.2) is 0 Å². The molecule has 3 aliphatic rings. The van der Waals surface area contributed by atoms with Crippen LogP contribution in [0.2, 0.25) is 0 Å². The zero-order valence-electron chi connectivity index (χ0n) is 19.4. The Morgan fingerprint density at radius 1 is 1.07 bits per heavy atom. The highest BCUT2D eigenvalue weighted by Gasteiger charge is 2.76. The zero-order valence-corrected chi connectivity index (χ0v) is 19.4. The van der Waals surface area contributed by atoms with Gasteiger partial charge in [0.2, 0.25) is 0 Å². The summed E-state index contributed by atoms with van der Waals surface area (Å²) in [5, 5.41) is 0. The van der Waals surface area contributed by atoms with E-state index in [1.165, 1.54) is 61.7 Å². The quantitative estimate of drug-likeness (QED) is 0.384. The van der Waals surface area contributed by atoms with Gasteiger partial charge in [-0.05, 0) is 57.4 Å². The van der Waals surface area contributed by atoms with Crippen LogP contribution in [0.15, 0.2) is 24.3 Å². The van der Waals surface area contributed by atoms with Crippen LogP contribution < -0.4 is 4.74 Å². The van der Waals surface area contributed by atoms with Crippen LogP contribution in [0.4, 0.5) is 0 Å². The fourth-order valence-corrected chi connectivity index (χ4v) is 7.83. The molecule has 1 saturated carbocycles. The number of hydrogen-bond donors (Lipinski definition) is 0. The van der Waals surface area contributed by atoms with E-state index in [-0.39, 0.29) is 5.60 Å². The van der Waals surface area contributed by atoms with Crippen LogP contribution in [0.3, 0.4) is 0 Å². The predicted octanol–water partition coefficient (Wildman–Crippen LogP) is 5.82. The van der Waals surface area contributed by atoms with Crippen molar-refractivity contribution in [1.29, 1.82) is 0 Å². The molecule has 3 nitrogen and oxygen atoms in total. The molecule has 3 fully saturated rings. The molecule has 2 saturated heterocycles. The SMILES string of the molecule is CCCCCCO[C@]1(C)C[N@+]2(Cc3ccc(OC)cc3)C[C@@H](C)[C@@H]3CC[C@H]1[C@@]32C. The van der Waals surface area contributed by atoms with Crippen LogP contribution in [-0.2, 0) is 11.3 Å². The molecule has 0 unspecified atom stereocenters. The standard InChI is InChI=1S/C26H42NO2/c1-6-7-8-9-16-29-25(3)19-27(18-21-10-12-22(28-5)13-11-21)17-20(2)23-14-15-24(25)26(23,27)4/h10-13,20,23-24H,6-9,14-19H2,1-5H3/q+1/t20-,23+,24-,25-,26-,27-/m1/s1. The lowest BCUT2D eigenvalue weighted by Gasteiger charge is -2.43. The average Bonchev–Trinajstić information content (AvgIpc) is 3.23. The van der Waals surface area contributed by atoms with Crippen LogP contribution in [0.25, 0.3) is 0 Å². The van der Waals surface area contributed by atoms with Gasteiger partial charge in [0.05, 0.1) is 13.7 Å². The summed E-state index contributed by atoms with van der Waals surface area (Å²) in [5.41, 5.74) is 1.83. The first-order valence-corrected chi connectivity index (χ1v) is 12.0. The Bertz CT molecular complexity index is 703. The number of unbranched alkanes of at least 4 members (excludes halogenated alkanes) is 3. The first-order chi connectivity index (χ1) is 13.9. The minimum atomic E-state index is 0.0301. The maximum absolute atomic E-state index is 6.77. The van der Waals surface area contributed by atoms with E-state index in [4.69, 9.17) is 9.47 Å². The van der Waals surface area contributed by atoms with Crippen molar-refractivity contribution in [2.75, 3.05) is 26.8 Å². The Morgan fingerprint density at radius 2 is 1.83 bits per heavy atom. The van der Waals surface area contributed by atoms with Crippen LogP contribution in [0, 0.1) is 17.8 Å². The molecule has 0 N–H and O–H groups in total. The Kier molecular flexibility index (Phi) is 5.76. The van der Waals surface area contributed by atoms with Crippen molar-refractivity contribution in [3.05, 3.63) is 29.8 Å². The van der Waals surface area contributed by atoms with E-state index in [0.717, 1.165) is 30.7 Å². The largest absolute Gasteiger partial charge is 0.497 e. The van der Waals surface area contributed by atoms with Gasteiger partial charge in [-0.15, -0.1) is 0 Å². The van der Waals surface area contributed by atoms with Crippen LogP contribution in [-0.4, -0.2) is 42.4 Å². The Hall–Kier alpha value is -1.06. The van der Waals surface area contributed by atoms with Crippen molar-refractivity contribution in [1.82, 2.24) is 0 Å². The number of ether oxygens (including phenoxy) is 2. The zero-order chi connectivity index (χ0) is 20.7. The summed E-state index contributed by atoms with van der Waals surface area (Å²) in [4.78, 5) is 0. The molecule has 0 amide bonds. The van der Waals surface area contributed by atoms with E-state index in [0.29, 0.717) is 11.5 Å². The number of benzene rings is 1. The first kappa shape index (κ1) is 21.2. The molecule has 0 spiro atoms. The van der Waals surface area contributed by atoms with Crippen molar-refractivity contribution < 1.29 is 14.0 Å². The Labute approximate surface area is 178 Å². The third-order valence-electron chi connectivity index (χ3n) is 9.00. The van der Waals surface area contributed by atoms with Gasteiger partial charge >= 0.3 is 0 Å². The van der Waals surface area contributed by atoms with Crippen molar-refractivity contribution in [3.63, 3.8) is 0 Å². The summed E-state index contributed by atoms with van der Waals surface area (Å²) in [7, 11) is 1.75. The molecule has 2 aliphatic heterocycles. The third kappa shape index (κ3) is 3.33. The van der Waals surface area contributed by atoms with Crippen LogP contribution >= 0.6 is 0 Å².